The third kappa shape index (κ3) is 3.82. The zero-order valence-corrected chi connectivity index (χ0v) is 12.0. The number of hydrogen-bond donors (Lipinski definition) is 1. The first kappa shape index (κ1) is 15.0. The summed E-state index contributed by atoms with van der Waals surface area (Å²) in [5.74, 6) is 0.390. The molecule has 2 N–H and O–H groups in total. The normalized spacial score (nSPS) is 17.9. The SMILES string of the molecule is CC(CN)n1cccc(OCCN2CCOCC2)c1=O. The van der Waals surface area contributed by atoms with Gasteiger partial charge in [-0.25, -0.2) is 0 Å². The van der Waals surface area contributed by atoms with E-state index in [2.05, 4.69) is 4.90 Å². The first-order valence-corrected chi connectivity index (χ1v) is 7.06. The molecule has 0 saturated carbocycles. The molecule has 0 amide bonds. The minimum atomic E-state index is -0.118. The number of morpholine rings is 1. The second-order valence-electron chi connectivity index (χ2n) is 4.97. The molecule has 0 spiro atoms. The van der Waals surface area contributed by atoms with Crippen LogP contribution < -0.4 is 16.0 Å². The van der Waals surface area contributed by atoms with E-state index in [1.54, 1.807) is 16.8 Å². The minimum absolute atomic E-state index is 0.0229. The standard InChI is InChI=1S/C14H23N3O3/c1-12(11-15)17-4-2-3-13(14(17)18)20-10-7-16-5-8-19-9-6-16/h2-4,12H,5-11,15H2,1H3. The maximum absolute atomic E-state index is 12.2. The number of aromatic nitrogens is 1. The van der Waals surface area contributed by atoms with Gasteiger partial charge in [0.2, 0.25) is 0 Å². The van der Waals surface area contributed by atoms with Crippen LogP contribution in [0.4, 0.5) is 0 Å². The van der Waals surface area contributed by atoms with Crippen molar-refractivity contribution in [1.82, 2.24) is 9.47 Å². The van der Waals surface area contributed by atoms with E-state index in [0.717, 1.165) is 32.8 Å². The third-order valence-corrected chi connectivity index (χ3v) is 3.52. The molecule has 2 heterocycles. The summed E-state index contributed by atoms with van der Waals surface area (Å²) in [6.07, 6.45) is 1.74. The lowest BCUT2D eigenvalue weighted by molar-refractivity contribution is 0.0321. The van der Waals surface area contributed by atoms with Crippen molar-refractivity contribution < 1.29 is 9.47 Å². The number of nitrogens with two attached hydrogens (primary N) is 1. The van der Waals surface area contributed by atoms with Crippen molar-refractivity contribution in [2.75, 3.05) is 46.0 Å². The lowest BCUT2D eigenvalue weighted by Gasteiger charge is -2.26. The van der Waals surface area contributed by atoms with Gasteiger partial charge in [0.05, 0.1) is 13.2 Å². The molecule has 2 rings (SSSR count). The fourth-order valence-electron chi connectivity index (χ4n) is 2.17. The van der Waals surface area contributed by atoms with Crippen LogP contribution in [0.25, 0.3) is 0 Å². The van der Waals surface area contributed by atoms with Gasteiger partial charge in [-0.3, -0.25) is 9.69 Å². The smallest absolute Gasteiger partial charge is 0.293 e. The van der Waals surface area contributed by atoms with Crippen LogP contribution in [0.15, 0.2) is 23.1 Å². The first-order valence-electron chi connectivity index (χ1n) is 7.06. The molecule has 6 nitrogen and oxygen atoms in total. The highest BCUT2D eigenvalue weighted by atomic mass is 16.5. The Bertz CT molecular complexity index is 469. The molecule has 1 saturated heterocycles. The van der Waals surface area contributed by atoms with Gasteiger partial charge in [-0.05, 0) is 19.1 Å². The summed E-state index contributed by atoms with van der Waals surface area (Å²) in [5.41, 5.74) is 5.48. The van der Waals surface area contributed by atoms with Gasteiger partial charge in [0.1, 0.15) is 6.61 Å². The van der Waals surface area contributed by atoms with E-state index in [0.29, 0.717) is 18.9 Å². The second-order valence-corrected chi connectivity index (χ2v) is 4.97. The largest absolute Gasteiger partial charge is 0.487 e. The highest BCUT2D eigenvalue weighted by molar-refractivity contribution is 5.17. The zero-order valence-electron chi connectivity index (χ0n) is 12.0. The molecular weight excluding hydrogens is 258 g/mol. The van der Waals surface area contributed by atoms with Gasteiger partial charge in [-0.1, -0.05) is 0 Å². The molecule has 6 heteroatoms. The fourth-order valence-corrected chi connectivity index (χ4v) is 2.17. The van der Waals surface area contributed by atoms with Crippen molar-refractivity contribution in [2.45, 2.75) is 13.0 Å². The van der Waals surface area contributed by atoms with Crippen molar-refractivity contribution >= 4 is 0 Å². The van der Waals surface area contributed by atoms with E-state index in [-0.39, 0.29) is 11.6 Å². The molecule has 20 heavy (non-hydrogen) atoms. The Labute approximate surface area is 119 Å². The molecule has 1 fully saturated rings. The Balaban J connectivity index is 1.90. The highest BCUT2D eigenvalue weighted by Gasteiger charge is 2.12. The molecule has 1 aliphatic rings. The zero-order chi connectivity index (χ0) is 14.4. The van der Waals surface area contributed by atoms with Gasteiger partial charge in [0.15, 0.2) is 5.75 Å². The minimum Gasteiger partial charge on any atom is -0.487 e. The summed E-state index contributed by atoms with van der Waals surface area (Å²) >= 11 is 0. The van der Waals surface area contributed by atoms with Crippen molar-refractivity contribution in [1.29, 1.82) is 0 Å². The van der Waals surface area contributed by atoms with Crippen LogP contribution in [-0.2, 0) is 4.74 Å². The quantitative estimate of drug-likeness (QED) is 0.799. The molecule has 0 aliphatic carbocycles. The Morgan fingerprint density at radius 1 is 1.45 bits per heavy atom. The maximum Gasteiger partial charge on any atom is 0.293 e. The van der Waals surface area contributed by atoms with Gasteiger partial charge in [0, 0.05) is 38.4 Å². The first-order chi connectivity index (χ1) is 9.72. The Kier molecular flexibility index (Phi) is 5.58. The molecule has 1 aliphatic heterocycles. The van der Waals surface area contributed by atoms with Crippen molar-refractivity contribution in [3.05, 3.63) is 28.7 Å². The predicted molar refractivity (Wildman–Crippen MR) is 77.2 cm³/mol. The lowest BCUT2D eigenvalue weighted by Crippen LogP contribution is -2.39. The summed E-state index contributed by atoms with van der Waals surface area (Å²) < 4.78 is 12.5. The van der Waals surface area contributed by atoms with Gasteiger partial charge in [0.25, 0.3) is 5.56 Å². The van der Waals surface area contributed by atoms with Crippen LogP contribution in [0.2, 0.25) is 0 Å². The van der Waals surface area contributed by atoms with Crippen molar-refractivity contribution in [2.24, 2.45) is 5.73 Å². The second kappa shape index (κ2) is 7.42. The van der Waals surface area contributed by atoms with E-state index >= 15 is 0 Å². The number of hydrogen-bond acceptors (Lipinski definition) is 5. The fraction of sp³-hybridized carbons (Fsp3) is 0.643. The Hall–Kier alpha value is -1.37. The number of ether oxygens (including phenoxy) is 2. The van der Waals surface area contributed by atoms with Crippen LogP contribution in [0, 0.1) is 0 Å². The molecule has 1 aromatic rings. The molecule has 1 atom stereocenters. The molecule has 1 aromatic heterocycles. The number of pyridine rings is 1. The molecule has 0 radical (unpaired) electrons. The third-order valence-electron chi connectivity index (χ3n) is 3.52. The van der Waals surface area contributed by atoms with Crippen LogP contribution in [0.1, 0.15) is 13.0 Å². The predicted octanol–water partition coefficient (Wildman–Crippen LogP) is 0.0790. The molecule has 1 unspecified atom stereocenters. The van der Waals surface area contributed by atoms with Crippen LogP contribution in [-0.4, -0.2) is 55.5 Å². The molecule has 112 valence electrons. The van der Waals surface area contributed by atoms with E-state index < -0.39 is 0 Å². The molecule has 0 bridgehead atoms. The average molecular weight is 281 g/mol. The van der Waals surface area contributed by atoms with E-state index in [1.807, 2.05) is 13.0 Å². The summed E-state index contributed by atoms with van der Waals surface area (Å²) in [6, 6.07) is 3.50. The monoisotopic (exact) mass is 281 g/mol. The molecular formula is C14H23N3O3. The summed E-state index contributed by atoms with van der Waals surface area (Å²) in [6.45, 7) is 7.05. The summed E-state index contributed by atoms with van der Waals surface area (Å²) in [7, 11) is 0. The summed E-state index contributed by atoms with van der Waals surface area (Å²) in [4.78, 5) is 14.5. The van der Waals surface area contributed by atoms with Gasteiger partial charge in [-0.15, -0.1) is 0 Å². The van der Waals surface area contributed by atoms with Crippen molar-refractivity contribution in [3.8, 4) is 5.75 Å². The van der Waals surface area contributed by atoms with E-state index in [1.165, 1.54) is 0 Å². The van der Waals surface area contributed by atoms with Gasteiger partial charge in [-0.2, -0.15) is 0 Å². The Morgan fingerprint density at radius 3 is 2.90 bits per heavy atom. The number of nitrogens with zero attached hydrogens (tertiary/aromatic N) is 2. The van der Waals surface area contributed by atoms with Crippen LogP contribution >= 0.6 is 0 Å². The number of rotatable bonds is 6. The maximum atomic E-state index is 12.2. The highest BCUT2D eigenvalue weighted by Crippen LogP contribution is 2.06. The van der Waals surface area contributed by atoms with Gasteiger partial charge >= 0.3 is 0 Å². The molecule has 0 aromatic carbocycles. The van der Waals surface area contributed by atoms with Crippen LogP contribution in [0.5, 0.6) is 5.75 Å². The van der Waals surface area contributed by atoms with Gasteiger partial charge < -0.3 is 19.8 Å². The van der Waals surface area contributed by atoms with Crippen LogP contribution in [0.3, 0.4) is 0 Å². The van der Waals surface area contributed by atoms with E-state index in [9.17, 15) is 4.79 Å². The Morgan fingerprint density at radius 2 is 2.20 bits per heavy atom. The summed E-state index contributed by atoms with van der Waals surface area (Å²) in [5, 5.41) is 0. The average Bonchev–Trinajstić information content (AvgIpc) is 2.49. The lowest BCUT2D eigenvalue weighted by atomic mass is 10.3. The van der Waals surface area contributed by atoms with E-state index in [4.69, 9.17) is 15.2 Å². The topological polar surface area (TPSA) is 69.7 Å². The van der Waals surface area contributed by atoms with Crippen molar-refractivity contribution in [3.63, 3.8) is 0 Å².